The van der Waals surface area contributed by atoms with Crippen LogP contribution in [0.4, 0.5) is 10.1 Å². The minimum Gasteiger partial charge on any atom is -0.399 e. The number of hydrogen-bond acceptors (Lipinski definition) is 2. The lowest BCUT2D eigenvalue weighted by atomic mass is 10.2. The molecule has 0 spiro atoms. The molecule has 1 rings (SSSR count). The largest absolute Gasteiger partial charge is 0.399 e. The van der Waals surface area contributed by atoms with Crippen LogP contribution in [0, 0.1) is 5.82 Å². The van der Waals surface area contributed by atoms with E-state index in [-0.39, 0.29) is 5.82 Å². The number of anilines is 1. The summed E-state index contributed by atoms with van der Waals surface area (Å²) in [6.45, 7) is 3.38. The van der Waals surface area contributed by atoms with Crippen molar-refractivity contribution in [3.63, 3.8) is 0 Å². The summed E-state index contributed by atoms with van der Waals surface area (Å²) in [7, 11) is 0. The van der Waals surface area contributed by atoms with Gasteiger partial charge in [0.1, 0.15) is 5.82 Å². The van der Waals surface area contributed by atoms with Crippen LogP contribution in [0.2, 0.25) is 0 Å². The van der Waals surface area contributed by atoms with Crippen LogP contribution >= 0.6 is 0 Å². The van der Waals surface area contributed by atoms with Crippen LogP contribution in [0.1, 0.15) is 12.5 Å². The van der Waals surface area contributed by atoms with Gasteiger partial charge in [-0.05, 0) is 18.7 Å². The topological polar surface area (TPSA) is 38.0 Å². The predicted octanol–water partition coefficient (Wildman–Crippen LogP) is 1.52. The average molecular weight is 168 g/mol. The zero-order chi connectivity index (χ0) is 8.97. The molecule has 12 heavy (non-hydrogen) atoms. The van der Waals surface area contributed by atoms with Crippen LogP contribution in [-0.4, -0.2) is 6.54 Å². The highest BCUT2D eigenvalue weighted by atomic mass is 19.1. The van der Waals surface area contributed by atoms with Gasteiger partial charge in [-0.3, -0.25) is 0 Å². The molecular formula is C9H13FN2. The van der Waals surface area contributed by atoms with Gasteiger partial charge in [0.15, 0.2) is 0 Å². The molecule has 0 saturated heterocycles. The van der Waals surface area contributed by atoms with Crippen molar-refractivity contribution in [2.24, 2.45) is 0 Å². The van der Waals surface area contributed by atoms with E-state index in [0.717, 1.165) is 6.54 Å². The van der Waals surface area contributed by atoms with E-state index in [2.05, 4.69) is 5.32 Å². The molecule has 0 amide bonds. The fourth-order valence-corrected chi connectivity index (χ4v) is 0.967. The average Bonchev–Trinajstić information content (AvgIpc) is 2.03. The molecule has 1 aromatic carbocycles. The normalized spacial score (nSPS) is 10.2. The molecule has 3 heteroatoms. The maximum atomic E-state index is 13.1. The Labute approximate surface area is 71.6 Å². The zero-order valence-electron chi connectivity index (χ0n) is 7.10. The second kappa shape index (κ2) is 4.07. The molecular weight excluding hydrogens is 155 g/mol. The summed E-state index contributed by atoms with van der Waals surface area (Å²) in [4.78, 5) is 0. The molecule has 0 radical (unpaired) electrons. The van der Waals surface area contributed by atoms with Crippen molar-refractivity contribution in [1.29, 1.82) is 0 Å². The number of hydrogen-bond donors (Lipinski definition) is 2. The van der Waals surface area contributed by atoms with Crippen molar-refractivity contribution in [3.8, 4) is 0 Å². The standard InChI is InChI=1S/C9H13FN2/c1-2-12-6-7-3-4-8(11)5-9(7)10/h3-5,12H,2,6,11H2,1H3. The van der Waals surface area contributed by atoms with Gasteiger partial charge in [-0.1, -0.05) is 13.0 Å². The minimum atomic E-state index is -0.240. The summed E-state index contributed by atoms with van der Waals surface area (Å²) < 4.78 is 13.1. The summed E-state index contributed by atoms with van der Waals surface area (Å²) in [5.41, 5.74) is 6.52. The minimum absolute atomic E-state index is 0.240. The lowest BCUT2D eigenvalue weighted by Gasteiger charge is -2.03. The quantitative estimate of drug-likeness (QED) is 0.671. The first kappa shape index (κ1) is 9.00. The van der Waals surface area contributed by atoms with E-state index in [1.807, 2.05) is 6.92 Å². The third-order valence-electron chi connectivity index (χ3n) is 1.64. The third-order valence-corrected chi connectivity index (χ3v) is 1.64. The highest BCUT2D eigenvalue weighted by Gasteiger charge is 2.00. The van der Waals surface area contributed by atoms with Crippen molar-refractivity contribution in [1.82, 2.24) is 5.32 Å². The Kier molecular flexibility index (Phi) is 3.05. The summed E-state index contributed by atoms with van der Waals surface area (Å²) in [5.74, 6) is -0.240. The maximum absolute atomic E-state index is 13.1. The fourth-order valence-electron chi connectivity index (χ4n) is 0.967. The molecule has 0 saturated carbocycles. The molecule has 0 bridgehead atoms. The van der Waals surface area contributed by atoms with Crippen LogP contribution < -0.4 is 11.1 Å². The molecule has 0 fully saturated rings. The van der Waals surface area contributed by atoms with Gasteiger partial charge >= 0.3 is 0 Å². The Morgan fingerprint density at radius 3 is 2.83 bits per heavy atom. The second-order valence-corrected chi connectivity index (χ2v) is 2.63. The Balaban J connectivity index is 2.72. The molecule has 0 atom stereocenters. The van der Waals surface area contributed by atoms with Crippen molar-refractivity contribution in [2.75, 3.05) is 12.3 Å². The maximum Gasteiger partial charge on any atom is 0.129 e. The van der Waals surface area contributed by atoms with E-state index in [4.69, 9.17) is 5.73 Å². The Bertz CT molecular complexity index is 261. The van der Waals surface area contributed by atoms with Crippen LogP contribution in [0.25, 0.3) is 0 Å². The number of rotatable bonds is 3. The van der Waals surface area contributed by atoms with Gasteiger partial charge in [0, 0.05) is 17.8 Å². The van der Waals surface area contributed by atoms with Crippen molar-refractivity contribution < 1.29 is 4.39 Å². The third kappa shape index (κ3) is 2.20. The Hall–Kier alpha value is -1.09. The summed E-state index contributed by atoms with van der Waals surface area (Å²) in [5, 5.41) is 3.04. The molecule has 0 heterocycles. The molecule has 3 N–H and O–H groups in total. The van der Waals surface area contributed by atoms with E-state index in [9.17, 15) is 4.39 Å². The second-order valence-electron chi connectivity index (χ2n) is 2.63. The van der Waals surface area contributed by atoms with E-state index >= 15 is 0 Å². The summed E-state index contributed by atoms with van der Waals surface area (Å²) >= 11 is 0. The number of nitrogens with one attached hydrogen (secondary N) is 1. The molecule has 2 nitrogen and oxygen atoms in total. The SMILES string of the molecule is CCNCc1ccc(N)cc1F. The van der Waals surface area contributed by atoms with Gasteiger partial charge < -0.3 is 11.1 Å². The highest BCUT2D eigenvalue weighted by Crippen LogP contribution is 2.10. The molecule has 0 aliphatic rings. The smallest absolute Gasteiger partial charge is 0.129 e. The first-order valence-electron chi connectivity index (χ1n) is 3.98. The van der Waals surface area contributed by atoms with Crippen LogP contribution in [-0.2, 0) is 6.54 Å². The number of nitrogens with two attached hydrogens (primary N) is 1. The monoisotopic (exact) mass is 168 g/mol. The summed E-state index contributed by atoms with van der Waals surface area (Å²) in [6.07, 6.45) is 0. The van der Waals surface area contributed by atoms with E-state index in [0.29, 0.717) is 17.8 Å². The van der Waals surface area contributed by atoms with Gasteiger partial charge in [0.2, 0.25) is 0 Å². The molecule has 66 valence electrons. The van der Waals surface area contributed by atoms with Crippen molar-refractivity contribution in [3.05, 3.63) is 29.6 Å². The molecule has 1 aromatic rings. The molecule has 0 aromatic heterocycles. The number of nitrogen functional groups attached to an aromatic ring is 1. The van der Waals surface area contributed by atoms with E-state index in [1.165, 1.54) is 6.07 Å². The van der Waals surface area contributed by atoms with Crippen LogP contribution in [0.5, 0.6) is 0 Å². The summed E-state index contributed by atoms with van der Waals surface area (Å²) in [6, 6.07) is 4.75. The van der Waals surface area contributed by atoms with Crippen LogP contribution in [0.15, 0.2) is 18.2 Å². The first-order chi connectivity index (χ1) is 5.74. The Morgan fingerprint density at radius 2 is 2.25 bits per heavy atom. The lowest BCUT2D eigenvalue weighted by Crippen LogP contribution is -2.12. The van der Waals surface area contributed by atoms with E-state index < -0.39 is 0 Å². The van der Waals surface area contributed by atoms with Crippen molar-refractivity contribution >= 4 is 5.69 Å². The molecule has 0 unspecified atom stereocenters. The zero-order valence-corrected chi connectivity index (χ0v) is 7.10. The van der Waals surface area contributed by atoms with Gasteiger partial charge in [-0.2, -0.15) is 0 Å². The Morgan fingerprint density at radius 1 is 1.50 bits per heavy atom. The van der Waals surface area contributed by atoms with Gasteiger partial charge in [0.05, 0.1) is 0 Å². The fraction of sp³-hybridized carbons (Fsp3) is 0.333. The molecule has 0 aliphatic carbocycles. The number of benzene rings is 1. The lowest BCUT2D eigenvalue weighted by molar-refractivity contribution is 0.594. The van der Waals surface area contributed by atoms with Crippen LogP contribution in [0.3, 0.4) is 0 Å². The van der Waals surface area contributed by atoms with Gasteiger partial charge in [0.25, 0.3) is 0 Å². The first-order valence-corrected chi connectivity index (χ1v) is 3.98. The predicted molar refractivity (Wildman–Crippen MR) is 48.2 cm³/mol. The molecule has 0 aliphatic heterocycles. The van der Waals surface area contributed by atoms with Crippen molar-refractivity contribution in [2.45, 2.75) is 13.5 Å². The number of halogens is 1. The van der Waals surface area contributed by atoms with Gasteiger partial charge in [-0.15, -0.1) is 0 Å². The van der Waals surface area contributed by atoms with Gasteiger partial charge in [-0.25, -0.2) is 4.39 Å². The highest BCUT2D eigenvalue weighted by molar-refractivity contribution is 5.40. The van der Waals surface area contributed by atoms with E-state index in [1.54, 1.807) is 12.1 Å².